The molecule has 0 spiro atoms. The Kier molecular flexibility index (Phi) is 7.36. The molecule has 3 heteroatoms. The van der Waals surface area contributed by atoms with Crippen molar-refractivity contribution in [3.05, 3.63) is 65.5 Å². The van der Waals surface area contributed by atoms with Crippen LogP contribution in [0.4, 0.5) is 0 Å². The predicted octanol–water partition coefficient (Wildman–Crippen LogP) is 6.80. The molecule has 30 heavy (non-hydrogen) atoms. The van der Waals surface area contributed by atoms with Crippen molar-refractivity contribution in [2.24, 2.45) is 17.8 Å². The van der Waals surface area contributed by atoms with E-state index in [1.54, 1.807) is 0 Å². The topological polar surface area (TPSA) is 38.7 Å². The van der Waals surface area contributed by atoms with Crippen LogP contribution >= 0.6 is 0 Å². The van der Waals surface area contributed by atoms with Gasteiger partial charge in [0.05, 0.1) is 22.8 Å². The molecule has 0 bridgehead atoms. The Morgan fingerprint density at radius 1 is 0.533 bits per heavy atom. The minimum Gasteiger partial charge on any atom is -0.255 e. The maximum absolute atomic E-state index is 5.00. The third-order valence-electron chi connectivity index (χ3n) is 4.99. The predicted molar refractivity (Wildman–Crippen MR) is 126 cm³/mol. The number of hydrogen-bond donors (Lipinski definition) is 0. The second-order valence-corrected chi connectivity index (χ2v) is 9.64. The number of pyridine rings is 3. The van der Waals surface area contributed by atoms with E-state index >= 15 is 0 Å². The first-order valence-electron chi connectivity index (χ1n) is 11.2. The average Bonchev–Trinajstić information content (AvgIpc) is 2.66. The van der Waals surface area contributed by atoms with Crippen LogP contribution in [0.15, 0.2) is 48.8 Å². The standard InChI is InChI=1S/C27H35N3/c1-18(2)11-21-7-9-28-24(14-21)26-16-23(13-20(5)6)17-27(30-26)25-15-22(8-10-29-25)12-19(3)4/h7-10,14-20H,11-13H2,1-6H3. The van der Waals surface area contributed by atoms with Crippen molar-refractivity contribution in [3.8, 4) is 22.8 Å². The fraction of sp³-hybridized carbons (Fsp3) is 0.444. The second-order valence-electron chi connectivity index (χ2n) is 9.64. The molecule has 0 aliphatic carbocycles. The van der Waals surface area contributed by atoms with Crippen LogP contribution in [-0.4, -0.2) is 15.0 Å². The molecule has 0 fully saturated rings. The van der Waals surface area contributed by atoms with Gasteiger partial charge in [0.1, 0.15) is 0 Å². The molecule has 0 unspecified atom stereocenters. The Morgan fingerprint density at radius 3 is 1.30 bits per heavy atom. The Morgan fingerprint density at radius 2 is 0.900 bits per heavy atom. The normalized spacial score (nSPS) is 11.6. The van der Waals surface area contributed by atoms with Gasteiger partial charge < -0.3 is 0 Å². The molecule has 0 saturated carbocycles. The lowest BCUT2D eigenvalue weighted by molar-refractivity contribution is 0.646. The largest absolute Gasteiger partial charge is 0.255 e. The van der Waals surface area contributed by atoms with Crippen LogP contribution in [0.3, 0.4) is 0 Å². The maximum Gasteiger partial charge on any atom is 0.0897 e. The molecule has 0 saturated heterocycles. The molecule has 3 aromatic heterocycles. The van der Waals surface area contributed by atoms with Gasteiger partial charge in [-0.15, -0.1) is 0 Å². The highest BCUT2D eigenvalue weighted by atomic mass is 14.8. The zero-order chi connectivity index (χ0) is 21.7. The van der Waals surface area contributed by atoms with Gasteiger partial charge in [-0.1, -0.05) is 41.5 Å². The molecule has 3 heterocycles. The fourth-order valence-electron chi connectivity index (χ4n) is 3.86. The van der Waals surface area contributed by atoms with Crippen molar-refractivity contribution in [1.82, 2.24) is 15.0 Å². The Hall–Kier alpha value is -2.55. The zero-order valence-corrected chi connectivity index (χ0v) is 19.3. The van der Waals surface area contributed by atoms with Gasteiger partial charge >= 0.3 is 0 Å². The lowest BCUT2D eigenvalue weighted by Gasteiger charge is -2.12. The van der Waals surface area contributed by atoms with Gasteiger partial charge in [-0.2, -0.15) is 0 Å². The van der Waals surface area contributed by atoms with E-state index in [2.05, 4.69) is 87.9 Å². The summed E-state index contributed by atoms with van der Waals surface area (Å²) in [6.45, 7) is 13.5. The first kappa shape index (κ1) is 22.1. The lowest BCUT2D eigenvalue weighted by Crippen LogP contribution is -2.01. The highest BCUT2D eigenvalue weighted by Crippen LogP contribution is 2.26. The van der Waals surface area contributed by atoms with Gasteiger partial charge in [-0.05, 0) is 90.1 Å². The smallest absolute Gasteiger partial charge is 0.0897 e. The van der Waals surface area contributed by atoms with Crippen LogP contribution in [0.5, 0.6) is 0 Å². The van der Waals surface area contributed by atoms with Crippen LogP contribution < -0.4 is 0 Å². The van der Waals surface area contributed by atoms with Crippen LogP contribution in [0.1, 0.15) is 58.2 Å². The van der Waals surface area contributed by atoms with Gasteiger partial charge in [0.2, 0.25) is 0 Å². The number of nitrogens with zero attached hydrogens (tertiary/aromatic N) is 3. The van der Waals surface area contributed by atoms with Gasteiger partial charge in [-0.3, -0.25) is 9.97 Å². The van der Waals surface area contributed by atoms with Crippen LogP contribution in [-0.2, 0) is 19.3 Å². The molecule has 0 radical (unpaired) electrons. The van der Waals surface area contributed by atoms with Crippen molar-refractivity contribution in [1.29, 1.82) is 0 Å². The molecule has 3 aromatic rings. The van der Waals surface area contributed by atoms with Crippen LogP contribution in [0.2, 0.25) is 0 Å². The van der Waals surface area contributed by atoms with Crippen molar-refractivity contribution < 1.29 is 0 Å². The molecule has 3 rings (SSSR count). The molecular weight excluding hydrogens is 366 g/mol. The van der Waals surface area contributed by atoms with Gasteiger partial charge in [0.15, 0.2) is 0 Å². The number of hydrogen-bond acceptors (Lipinski definition) is 3. The molecule has 0 aliphatic rings. The van der Waals surface area contributed by atoms with E-state index in [4.69, 9.17) is 4.98 Å². The quantitative estimate of drug-likeness (QED) is 0.416. The summed E-state index contributed by atoms with van der Waals surface area (Å²) in [5, 5.41) is 0. The summed E-state index contributed by atoms with van der Waals surface area (Å²) in [6, 6.07) is 13.0. The molecule has 0 aromatic carbocycles. The minimum atomic E-state index is 0.577. The van der Waals surface area contributed by atoms with Crippen LogP contribution in [0, 0.1) is 17.8 Å². The Bertz CT molecular complexity index is 902. The molecule has 0 N–H and O–H groups in total. The summed E-state index contributed by atoms with van der Waals surface area (Å²) in [7, 11) is 0. The van der Waals surface area contributed by atoms with E-state index < -0.39 is 0 Å². The molecule has 0 atom stereocenters. The number of rotatable bonds is 8. The molecule has 0 amide bonds. The minimum absolute atomic E-state index is 0.577. The second kappa shape index (κ2) is 9.97. The summed E-state index contributed by atoms with van der Waals surface area (Å²) in [5.41, 5.74) is 7.66. The third-order valence-corrected chi connectivity index (χ3v) is 4.99. The lowest BCUT2D eigenvalue weighted by atomic mass is 9.98. The zero-order valence-electron chi connectivity index (χ0n) is 19.3. The maximum atomic E-state index is 5.00. The van der Waals surface area contributed by atoms with E-state index in [1.165, 1.54) is 16.7 Å². The van der Waals surface area contributed by atoms with E-state index in [0.717, 1.165) is 42.0 Å². The SMILES string of the molecule is CC(C)Cc1ccnc(-c2cc(CC(C)C)cc(-c3cc(CC(C)C)ccn3)n2)c1. The van der Waals surface area contributed by atoms with Gasteiger partial charge in [0, 0.05) is 12.4 Å². The molecule has 3 nitrogen and oxygen atoms in total. The van der Waals surface area contributed by atoms with Crippen molar-refractivity contribution >= 4 is 0 Å². The summed E-state index contributed by atoms with van der Waals surface area (Å²) in [4.78, 5) is 14.3. The Balaban J connectivity index is 2.05. The van der Waals surface area contributed by atoms with Crippen molar-refractivity contribution in [3.63, 3.8) is 0 Å². The average molecular weight is 402 g/mol. The van der Waals surface area contributed by atoms with E-state index in [0.29, 0.717) is 17.8 Å². The highest BCUT2D eigenvalue weighted by molar-refractivity contribution is 5.64. The molecule has 0 aliphatic heterocycles. The van der Waals surface area contributed by atoms with Crippen LogP contribution in [0.25, 0.3) is 22.8 Å². The monoisotopic (exact) mass is 401 g/mol. The third kappa shape index (κ3) is 6.22. The van der Waals surface area contributed by atoms with E-state index in [-0.39, 0.29) is 0 Å². The molecule has 158 valence electrons. The van der Waals surface area contributed by atoms with E-state index in [9.17, 15) is 0 Å². The Labute approximate surface area is 182 Å². The first-order valence-corrected chi connectivity index (χ1v) is 11.2. The highest BCUT2D eigenvalue weighted by Gasteiger charge is 2.12. The molecular formula is C27H35N3. The summed E-state index contributed by atoms with van der Waals surface area (Å²) >= 11 is 0. The number of aromatic nitrogens is 3. The fourth-order valence-corrected chi connectivity index (χ4v) is 3.86. The summed E-state index contributed by atoms with van der Waals surface area (Å²) in [6.07, 6.45) is 6.93. The van der Waals surface area contributed by atoms with Crippen molar-refractivity contribution in [2.75, 3.05) is 0 Å². The first-order chi connectivity index (χ1) is 14.3. The summed E-state index contributed by atoms with van der Waals surface area (Å²) in [5.74, 6) is 1.81. The van der Waals surface area contributed by atoms with Crippen molar-refractivity contribution in [2.45, 2.75) is 60.8 Å². The summed E-state index contributed by atoms with van der Waals surface area (Å²) < 4.78 is 0. The van der Waals surface area contributed by atoms with Gasteiger partial charge in [-0.25, -0.2) is 4.98 Å². The van der Waals surface area contributed by atoms with E-state index in [1.807, 2.05) is 12.4 Å². The van der Waals surface area contributed by atoms with Gasteiger partial charge in [0.25, 0.3) is 0 Å².